The second kappa shape index (κ2) is 7.53. The van der Waals surface area contributed by atoms with Gasteiger partial charge in [0, 0.05) is 85.7 Å². The van der Waals surface area contributed by atoms with Crippen molar-refractivity contribution in [1.29, 1.82) is 5.26 Å². The molecule has 2 N–H and O–H groups in total. The summed E-state index contributed by atoms with van der Waals surface area (Å²) in [7, 11) is 1.88. The van der Waals surface area contributed by atoms with Crippen LogP contribution < -0.4 is 10.2 Å². The third kappa shape index (κ3) is 3.45. The number of pyridine rings is 2. The number of H-pyrrole nitrogens is 1. The molecule has 9 heteroatoms. The van der Waals surface area contributed by atoms with Gasteiger partial charge in [-0.05, 0) is 18.2 Å². The van der Waals surface area contributed by atoms with Gasteiger partial charge in [0.2, 0.25) is 0 Å². The first-order chi connectivity index (χ1) is 16.1. The van der Waals surface area contributed by atoms with E-state index in [0.717, 1.165) is 46.7 Å². The molecule has 2 fully saturated rings. The van der Waals surface area contributed by atoms with Gasteiger partial charge in [0.25, 0.3) is 0 Å². The van der Waals surface area contributed by atoms with Crippen molar-refractivity contribution in [2.45, 2.75) is 24.9 Å². The third-order valence-corrected chi connectivity index (χ3v) is 6.46. The number of aromatic amines is 1. The first-order valence-corrected chi connectivity index (χ1v) is 11.0. The minimum Gasteiger partial charge on any atom is -0.353 e. The lowest BCUT2D eigenvalue weighted by Gasteiger charge is -2.42. The predicted molar refractivity (Wildman–Crippen MR) is 123 cm³/mol. The summed E-state index contributed by atoms with van der Waals surface area (Å²) in [5.41, 5.74) is 4.75. The number of piperidine rings is 1. The lowest BCUT2D eigenvalue weighted by atomic mass is 9.93. The zero-order valence-electron chi connectivity index (χ0n) is 18.1. The molecule has 2 atom stereocenters. The molecular formula is C24H22N8O. The molecule has 164 valence electrons. The summed E-state index contributed by atoms with van der Waals surface area (Å²) in [6.07, 6.45) is 8.32. The second-order valence-electron chi connectivity index (χ2n) is 8.82. The maximum absolute atomic E-state index is 11.9. The van der Waals surface area contributed by atoms with E-state index in [1.54, 1.807) is 17.1 Å². The van der Waals surface area contributed by atoms with E-state index in [1.807, 2.05) is 37.6 Å². The lowest BCUT2D eigenvalue weighted by Crippen LogP contribution is -2.60. The molecule has 0 saturated carbocycles. The molecule has 2 unspecified atom stereocenters. The lowest BCUT2D eigenvalue weighted by molar-refractivity contribution is -0.121. The summed E-state index contributed by atoms with van der Waals surface area (Å²) in [6.45, 7) is 1.54. The Bertz CT molecular complexity index is 1390. The number of fused-ring (bicyclic) bond motifs is 3. The Kier molecular flexibility index (Phi) is 4.48. The highest BCUT2D eigenvalue weighted by Gasteiger charge is 2.34. The topological polar surface area (TPSA) is 116 Å². The van der Waals surface area contributed by atoms with Gasteiger partial charge in [0.05, 0.1) is 17.5 Å². The quantitative estimate of drug-likeness (QED) is 0.505. The molecule has 2 aliphatic heterocycles. The monoisotopic (exact) mass is 438 g/mol. The summed E-state index contributed by atoms with van der Waals surface area (Å²) < 4.78 is 1.75. The van der Waals surface area contributed by atoms with Crippen LogP contribution in [0.2, 0.25) is 0 Å². The predicted octanol–water partition coefficient (Wildman–Crippen LogP) is 2.41. The minimum atomic E-state index is 0.183. The maximum Gasteiger partial charge on any atom is 0.138 e. The van der Waals surface area contributed by atoms with Crippen molar-refractivity contribution in [3.63, 3.8) is 0 Å². The molecule has 2 aliphatic rings. The van der Waals surface area contributed by atoms with Crippen LogP contribution in [0.25, 0.3) is 33.4 Å². The molecule has 4 aromatic rings. The molecule has 0 radical (unpaired) electrons. The fourth-order valence-electron chi connectivity index (χ4n) is 5.02. The molecule has 0 spiro atoms. The molecule has 0 aliphatic carbocycles. The average Bonchev–Trinajstić information content (AvgIpc) is 3.43. The Morgan fingerprint density at radius 1 is 1.09 bits per heavy atom. The van der Waals surface area contributed by atoms with Crippen LogP contribution in [0.3, 0.4) is 0 Å². The number of carbonyl (C=O) groups is 1. The van der Waals surface area contributed by atoms with Crippen molar-refractivity contribution in [1.82, 2.24) is 30.0 Å². The first-order valence-electron chi connectivity index (χ1n) is 11.0. The van der Waals surface area contributed by atoms with E-state index in [2.05, 4.69) is 31.4 Å². The van der Waals surface area contributed by atoms with Crippen molar-refractivity contribution in [2.75, 3.05) is 18.0 Å². The SMILES string of the molecule is Cn1cc(-c2cc3c(-c4ccc(N5CC6CC(=O)CC(C5)N6)nc4)c(C#N)cnc3[nH]2)cn1. The van der Waals surface area contributed by atoms with Gasteiger partial charge >= 0.3 is 0 Å². The number of nitrogens with zero attached hydrogens (tertiary/aromatic N) is 6. The van der Waals surface area contributed by atoms with Gasteiger partial charge < -0.3 is 15.2 Å². The third-order valence-electron chi connectivity index (χ3n) is 6.46. The van der Waals surface area contributed by atoms with E-state index in [9.17, 15) is 10.1 Å². The molecule has 4 aromatic heterocycles. The van der Waals surface area contributed by atoms with Gasteiger partial charge in [-0.2, -0.15) is 10.4 Å². The number of anilines is 1. The summed E-state index contributed by atoms with van der Waals surface area (Å²) in [5.74, 6) is 1.23. The highest BCUT2D eigenvalue weighted by Crippen LogP contribution is 2.34. The molecule has 2 saturated heterocycles. The Morgan fingerprint density at radius 3 is 2.58 bits per heavy atom. The zero-order valence-corrected chi connectivity index (χ0v) is 18.1. The Morgan fingerprint density at radius 2 is 1.91 bits per heavy atom. The molecule has 6 rings (SSSR count). The number of nitriles is 1. The number of carbonyl (C=O) groups excluding carboxylic acids is 1. The largest absolute Gasteiger partial charge is 0.353 e. The summed E-state index contributed by atoms with van der Waals surface area (Å²) in [4.78, 5) is 26.6. The van der Waals surface area contributed by atoms with Gasteiger partial charge in [-0.1, -0.05) is 0 Å². The van der Waals surface area contributed by atoms with Gasteiger partial charge in [0.15, 0.2) is 0 Å². The van der Waals surface area contributed by atoms with E-state index in [-0.39, 0.29) is 12.1 Å². The molecule has 9 nitrogen and oxygen atoms in total. The normalized spacial score (nSPS) is 20.2. The van der Waals surface area contributed by atoms with Gasteiger partial charge in [-0.3, -0.25) is 9.48 Å². The molecule has 0 amide bonds. The van der Waals surface area contributed by atoms with Crippen LogP contribution in [-0.2, 0) is 11.8 Å². The van der Waals surface area contributed by atoms with Crippen molar-refractivity contribution in [2.24, 2.45) is 7.05 Å². The minimum absolute atomic E-state index is 0.183. The Hall–Kier alpha value is -4.03. The summed E-state index contributed by atoms with van der Waals surface area (Å²) in [6, 6.07) is 8.67. The number of hydrogen-bond acceptors (Lipinski definition) is 7. The number of rotatable bonds is 3. The fraction of sp³-hybridized carbons (Fsp3) is 0.292. The van der Waals surface area contributed by atoms with Gasteiger partial charge in [-0.15, -0.1) is 0 Å². The molecule has 2 bridgehead atoms. The number of ketones is 1. The summed E-state index contributed by atoms with van der Waals surface area (Å²) >= 11 is 0. The second-order valence-corrected chi connectivity index (χ2v) is 8.82. The van der Waals surface area contributed by atoms with Crippen LogP contribution >= 0.6 is 0 Å². The number of piperazine rings is 1. The van der Waals surface area contributed by atoms with E-state index in [4.69, 9.17) is 4.98 Å². The van der Waals surface area contributed by atoms with E-state index < -0.39 is 0 Å². The number of hydrogen-bond donors (Lipinski definition) is 2. The molecule has 0 aromatic carbocycles. The van der Waals surface area contributed by atoms with Crippen LogP contribution in [-0.4, -0.2) is 55.7 Å². The molecular weight excluding hydrogens is 416 g/mol. The molecule has 6 heterocycles. The zero-order chi connectivity index (χ0) is 22.5. The van der Waals surface area contributed by atoms with Crippen molar-refractivity contribution in [3.05, 3.63) is 48.5 Å². The number of aryl methyl sites for hydroxylation is 1. The summed E-state index contributed by atoms with van der Waals surface area (Å²) in [5, 5.41) is 18.4. The van der Waals surface area contributed by atoms with Crippen LogP contribution in [0.15, 0.2) is 43.0 Å². The first kappa shape index (κ1) is 19.6. The Balaban J connectivity index is 1.36. The molecule has 33 heavy (non-hydrogen) atoms. The number of aromatic nitrogens is 5. The number of Topliss-reactive ketones (excluding diaryl/α,β-unsaturated/α-hetero) is 1. The highest BCUT2D eigenvalue weighted by atomic mass is 16.1. The van der Waals surface area contributed by atoms with Crippen molar-refractivity contribution >= 4 is 22.6 Å². The van der Waals surface area contributed by atoms with E-state index >= 15 is 0 Å². The van der Waals surface area contributed by atoms with Crippen molar-refractivity contribution in [3.8, 4) is 28.5 Å². The van der Waals surface area contributed by atoms with E-state index in [1.165, 1.54) is 0 Å². The Labute approximate surface area is 190 Å². The maximum atomic E-state index is 11.9. The number of nitrogens with one attached hydrogen (secondary N) is 2. The van der Waals surface area contributed by atoms with Gasteiger partial charge in [0.1, 0.15) is 23.3 Å². The highest BCUT2D eigenvalue weighted by molar-refractivity contribution is 5.98. The van der Waals surface area contributed by atoms with Gasteiger partial charge in [-0.25, -0.2) is 9.97 Å². The standard InChI is InChI=1S/C24H22N8O/c1-31-11-16(10-28-31)21-6-20-23(15(7-25)9-27-24(20)30-21)14-2-3-22(26-8-14)32-12-17-4-19(33)5-18(13-32)29-17/h2-3,6,8-11,17-18,29H,4-5,12-13H2,1H3,(H,27,30). The van der Waals surface area contributed by atoms with Crippen molar-refractivity contribution < 1.29 is 4.79 Å². The van der Waals surface area contributed by atoms with Crippen LogP contribution in [0.4, 0.5) is 5.82 Å². The van der Waals surface area contributed by atoms with Crippen LogP contribution in [0.5, 0.6) is 0 Å². The average molecular weight is 438 g/mol. The smallest absolute Gasteiger partial charge is 0.138 e. The van der Waals surface area contributed by atoms with Crippen LogP contribution in [0, 0.1) is 11.3 Å². The fourth-order valence-corrected chi connectivity index (χ4v) is 5.02. The van der Waals surface area contributed by atoms with Crippen LogP contribution in [0.1, 0.15) is 18.4 Å². The van der Waals surface area contributed by atoms with E-state index in [0.29, 0.717) is 29.8 Å².